The molecule has 0 aliphatic rings. The quantitative estimate of drug-likeness (QED) is 0.634. The van der Waals surface area contributed by atoms with E-state index in [9.17, 15) is 4.79 Å². The molecular weight excluding hydrogens is 216 g/mol. The molecule has 0 aromatic carbocycles. The molecule has 0 bridgehead atoms. The SMILES string of the molecule is CCNCCCNc1cn[nH]c(=O)c1Cl. The molecule has 0 aliphatic heterocycles. The van der Waals surface area contributed by atoms with E-state index in [-0.39, 0.29) is 10.6 Å². The smallest absolute Gasteiger partial charge is 0.285 e. The van der Waals surface area contributed by atoms with E-state index in [4.69, 9.17) is 11.6 Å². The Labute approximate surface area is 93.2 Å². The van der Waals surface area contributed by atoms with Crippen LogP contribution in [0.25, 0.3) is 0 Å². The second-order valence-corrected chi connectivity index (χ2v) is 3.44. The van der Waals surface area contributed by atoms with E-state index in [1.54, 1.807) is 0 Å². The number of nitrogens with zero attached hydrogens (tertiary/aromatic N) is 1. The highest BCUT2D eigenvalue weighted by Gasteiger charge is 2.02. The molecular formula is C9H15ClN4O. The molecule has 84 valence electrons. The molecule has 15 heavy (non-hydrogen) atoms. The first kappa shape index (κ1) is 12.0. The molecule has 0 amide bonds. The van der Waals surface area contributed by atoms with Crippen molar-refractivity contribution < 1.29 is 0 Å². The van der Waals surface area contributed by atoms with E-state index in [2.05, 4.69) is 27.8 Å². The zero-order chi connectivity index (χ0) is 11.1. The molecule has 3 N–H and O–H groups in total. The van der Waals surface area contributed by atoms with Crippen molar-refractivity contribution in [3.05, 3.63) is 21.6 Å². The number of aromatic amines is 1. The molecule has 0 atom stereocenters. The van der Waals surface area contributed by atoms with Crippen molar-refractivity contribution in [2.24, 2.45) is 0 Å². The van der Waals surface area contributed by atoms with Gasteiger partial charge in [0.25, 0.3) is 5.56 Å². The lowest BCUT2D eigenvalue weighted by molar-refractivity contribution is 0.688. The fourth-order valence-corrected chi connectivity index (χ4v) is 1.28. The highest BCUT2D eigenvalue weighted by atomic mass is 35.5. The minimum Gasteiger partial charge on any atom is -0.382 e. The Morgan fingerprint density at radius 2 is 2.33 bits per heavy atom. The van der Waals surface area contributed by atoms with Crippen molar-refractivity contribution in [1.29, 1.82) is 0 Å². The van der Waals surface area contributed by atoms with Crippen LogP contribution in [0.2, 0.25) is 5.02 Å². The van der Waals surface area contributed by atoms with Crippen LogP contribution >= 0.6 is 11.6 Å². The molecule has 1 heterocycles. The average Bonchev–Trinajstić information content (AvgIpc) is 2.24. The van der Waals surface area contributed by atoms with Crippen LogP contribution in [0.15, 0.2) is 11.0 Å². The third kappa shape index (κ3) is 3.89. The summed E-state index contributed by atoms with van der Waals surface area (Å²) in [4.78, 5) is 11.1. The van der Waals surface area contributed by atoms with Gasteiger partial charge in [-0.2, -0.15) is 5.10 Å². The first-order valence-corrected chi connectivity index (χ1v) is 5.31. The Balaban J connectivity index is 2.38. The minimum absolute atomic E-state index is 0.161. The largest absolute Gasteiger partial charge is 0.382 e. The molecule has 0 aliphatic carbocycles. The zero-order valence-electron chi connectivity index (χ0n) is 8.64. The Morgan fingerprint density at radius 1 is 1.53 bits per heavy atom. The van der Waals surface area contributed by atoms with Crippen LogP contribution in [0.5, 0.6) is 0 Å². The van der Waals surface area contributed by atoms with Crippen LogP contribution < -0.4 is 16.2 Å². The van der Waals surface area contributed by atoms with E-state index >= 15 is 0 Å². The Morgan fingerprint density at radius 3 is 3.07 bits per heavy atom. The third-order valence-corrected chi connectivity index (χ3v) is 2.27. The van der Waals surface area contributed by atoms with Gasteiger partial charge in [0.1, 0.15) is 5.02 Å². The molecule has 0 saturated carbocycles. The molecule has 0 radical (unpaired) electrons. The van der Waals surface area contributed by atoms with Crippen LogP contribution in [0, 0.1) is 0 Å². The lowest BCUT2D eigenvalue weighted by atomic mass is 10.4. The van der Waals surface area contributed by atoms with Gasteiger partial charge in [-0.1, -0.05) is 18.5 Å². The average molecular weight is 231 g/mol. The predicted molar refractivity (Wildman–Crippen MR) is 61.5 cm³/mol. The van der Waals surface area contributed by atoms with Gasteiger partial charge in [-0.3, -0.25) is 4.79 Å². The molecule has 0 fully saturated rings. The van der Waals surface area contributed by atoms with Gasteiger partial charge in [0.15, 0.2) is 0 Å². The van der Waals surface area contributed by atoms with Gasteiger partial charge in [0, 0.05) is 6.54 Å². The number of nitrogens with one attached hydrogen (secondary N) is 3. The Hall–Kier alpha value is -1.07. The maximum Gasteiger partial charge on any atom is 0.285 e. The van der Waals surface area contributed by atoms with Crippen molar-refractivity contribution in [3.63, 3.8) is 0 Å². The Kier molecular flexibility index (Phi) is 5.14. The molecule has 0 spiro atoms. The number of halogens is 1. The number of hydrogen-bond donors (Lipinski definition) is 3. The lowest BCUT2D eigenvalue weighted by Gasteiger charge is -2.06. The maximum absolute atomic E-state index is 11.1. The number of H-pyrrole nitrogens is 1. The maximum atomic E-state index is 11.1. The van der Waals surface area contributed by atoms with Crippen LogP contribution in [0.1, 0.15) is 13.3 Å². The standard InChI is InChI=1S/C9H15ClN4O/c1-2-11-4-3-5-12-7-6-13-14-9(15)8(7)10/h6,11H,2-5H2,1H3,(H2,12,14,15). The van der Waals surface area contributed by atoms with Crippen LogP contribution in [0.4, 0.5) is 5.69 Å². The van der Waals surface area contributed by atoms with Gasteiger partial charge in [0.2, 0.25) is 0 Å². The number of hydrogen-bond acceptors (Lipinski definition) is 4. The predicted octanol–water partition coefficient (Wildman–Crippen LogP) is 0.835. The first-order chi connectivity index (χ1) is 7.25. The van der Waals surface area contributed by atoms with Crippen LogP contribution in [-0.2, 0) is 0 Å². The summed E-state index contributed by atoms with van der Waals surface area (Å²) in [7, 11) is 0. The summed E-state index contributed by atoms with van der Waals surface area (Å²) in [5, 5.41) is 12.3. The summed E-state index contributed by atoms with van der Waals surface area (Å²) in [5.41, 5.74) is 0.213. The molecule has 6 heteroatoms. The minimum atomic E-state index is -0.367. The van der Waals surface area contributed by atoms with Gasteiger partial charge in [0.05, 0.1) is 11.9 Å². The van der Waals surface area contributed by atoms with E-state index in [0.717, 1.165) is 26.1 Å². The molecule has 0 saturated heterocycles. The van der Waals surface area contributed by atoms with E-state index in [1.807, 2.05) is 0 Å². The van der Waals surface area contributed by atoms with Crippen LogP contribution in [0.3, 0.4) is 0 Å². The lowest BCUT2D eigenvalue weighted by Crippen LogP contribution is -2.18. The van der Waals surface area contributed by atoms with E-state index in [1.165, 1.54) is 6.20 Å². The normalized spacial score (nSPS) is 10.3. The highest BCUT2D eigenvalue weighted by Crippen LogP contribution is 2.13. The highest BCUT2D eigenvalue weighted by molar-refractivity contribution is 6.32. The fraction of sp³-hybridized carbons (Fsp3) is 0.556. The van der Waals surface area contributed by atoms with Gasteiger partial charge in [-0.05, 0) is 19.5 Å². The topological polar surface area (TPSA) is 69.8 Å². The molecule has 5 nitrogen and oxygen atoms in total. The van der Waals surface area contributed by atoms with Crippen molar-refractivity contribution in [3.8, 4) is 0 Å². The summed E-state index contributed by atoms with van der Waals surface area (Å²) in [6, 6.07) is 0. The summed E-state index contributed by atoms with van der Waals surface area (Å²) in [5.74, 6) is 0. The molecule has 1 aromatic rings. The third-order valence-electron chi connectivity index (χ3n) is 1.89. The summed E-state index contributed by atoms with van der Waals surface area (Å²) in [6.07, 6.45) is 2.48. The van der Waals surface area contributed by atoms with Crippen LogP contribution in [-0.4, -0.2) is 29.8 Å². The van der Waals surface area contributed by atoms with E-state index < -0.39 is 0 Å². The number of rotatable bonds is 6. The number of aromatic nitrogens is 2. The summed E-state index contributed by atoms with van der Waals surface area (Å²) in [6.45, 7) is 4.73. The monoisotopic (exact) mass is 230 g/mol. The zero-order valence-corrected chi connectivity index (χ0v) is 9.40. The summed E-state index contributed by atoms with van der Waals surface area (Å²) >= 11 is 5.77. The second kappa shape index (κ2) is 6.42. The van der Waals surface area contributed by atoms with Gasteiger partial charge in [-0.25, -0.2) is 5.10 Å². The van der Waals surface area contributed by atoms with Gasteiger partial charge < -0.3 is 10.6 Å². The van der Waals surface area contributed by atoms with E-state index in [0.29, 0.717) is 5.69 Å². The van der Waals surface area contributed by atoms with Crippen molar-refractivity contribution in [1.82, 2.24) is 15.5 Å². The Bertz CT molecular complexity index is 352. The second-order valence-electron chi connectivity index (χ2n) is 3.06. The van der Waals surface area contributed by atoms with Gasteiger partial charge in [-0.15, -0.1) is 0 Å². The first-order valence-electron chi connectivity index (χ1n) is 4.93. The summed E-state index contributed by atoms with van der Waals surface area (Å²) < 4.78 is 0. The van der Waals surface area contributed by atoms with Crippen molar-refractivity contribution in [2.75, 3.05) is 25.0 Å². The molecule has 1 aromatic heterocycles. The molecule has 0 unspecified atom stereocenters. The fourth-order valence-electron chi connectivity index (χ4n) is 1.12. The van der Waals surface area contributed by atoms with Crippen molar-refractivity contribution >= 4 is 17.3 Å². The van der Waals surface area contributed by atoms with Gasteiger partial charge >= 0.3 is 0 Å². The molecule has 1 rings (SSSR count). The number of anilines is 1. The van der Waals surface area contributed by atoms with Crippen molar-refractivity contribution in [2.45, 2.75) is 13.3 Å².